The van der Waals surface area contributed by atoms with E-state index in [9.17, 15) is 19.8 Å². The summed E-state index contributed by atoms with van der Waals surface area (Å²) < 4.78 is 0. The van der Waals surface area contributed by atoms with Crippen molar-refractivity contribution in [1.82, 2.24) is 9.97 Å². The first kappa shape index (κ1) is 20.5. The van der Waals surface area contributed by atoms with Crippen LogP contribution in [0.1, 0.15) is 36.7 Å². The largest absolute Gasteiger partial charge is 0.478 e. The fourth-order valence-electron chi connectivity index (χ4n) is 3.47. The van der Waals surface area contributed by atoms with Crippen molar-refractivity contribution in [3.05, 3.63) is 69.9 Å². The van der Waals surface area contributed by atoms with Gasteiger partial charge in [0.1, 0.15) is 17.0 Å². The Hall–Kier alpha value is -3.78. The number of anilines is 2. The number of rotatable bonds is 5. The lowest BCUT2D eigenvalue weighted by Gasteiger charge is -2.11. The lowest BCUT2D eigenvalue weighted by molar-refractivity contribution is 0.0696. The number of carbonyl (C=O) groups is 2. The summed E-state index contributed by atoms with van der Waals surface area (Å²) in [5.74, 6) is -1.93. The summed E-state index contributed by atoms with van der Waals surface area (Å²) >= 11 is 1.55. The van der Waals surface area contributed by atoms with E-state index >= 15 is 0 Å². The van der Waals surface area contributed by atoms with Crippen LogP contribution in [0.3, 0.4) is 0 Å². The minimum Gasteiger partial charge on any atom is -0.478 e. The van der Waals surface area contributed by atoms with Gasteiger partial charge in [-0.25, -0.2) is 19.6 Å². The number of thiophene rings is 1. The van der Waals surface area contributed by atoms with Crippen molar-refractivity contribution in [3.63, 3.8) is 0 Å². The Labute approximate surface area is 182 Å². The maximum atomic E-state index is 11.4. The maximum Gasteiger partial charge on any atom is 0.335 e. The predicted molar refractivity (Wildman–Crippen MR) is 121 cm³/mol. The third kappa shape index (κ3) is 3.85. The van der Waals surface area contributed by atoms with E-state index in [1.165, 1.54) is 29.6 Å². The van der Waals surface area contributed by atoms with Crippen molar-refractivity contribution in [3.8, 4) is 11.1 Å². The fraction of sp³-hybridized carbons (Fsp3) is 0.130. The van der Waals surface area contributed by atoms with E-state index < -0.39 is 11.9 Å². The third-order valence-corrected chi connectivity index (χ3v) is 6.16. The molecular formula is C23H19N3O4S. The summed E-state index contributed by atoms with van der Waals surface area (Å²) in [6.07, 6.45) is 1.43. The highest BCUT2D eigenvalue weighted by Crippen LogP contribution is 2.41. The molecule has 0 aliphatic heterocycles. The number of fused-ring (bicyclic) bond motifs is 1. The summed E-state index contributed by atoms with van der Waals surface area (Å²) in [5.41, 5.74) is 4.48. The molecule has 0 radical (unpaired) electrons. The molecule has 0 atom stereocenters. The van der Waals surface area contributed by atoms with Crippen LogP contribution in [0.2, 0.25) is 0 Å². The smallest absolute Gasteiger partial charge is 0.335 e. The van der Waals surface area contributed by atoms with Crippen LogP contribution in [-0.4, -0.2) is 32.1 Å². The Morgan fingerprint density at radius 1 is 0.903 bits per heavy atom. The number of aromatic carboxylic acids is 2. The molecule has 4 aromatic rings. The molecule has 31 heavy (non-hydrogen) atoms. The molecule has 0 aliphatic carbocycles. The summed E-state index contributed by atoms with van der Waals surface area (Å²) in [6.45, 7) is 6.14. The molecule has 0 saturated heterocycles. The molecule has 2 heterocycles. The summed E-state index contributed by atoms with van der Waals surface area (Å²) in [6, 6.07) is 10.1. The lowest BCUT2D eigenvalue weighted by Crippen LogP contribution is -2.05. The molecule has 0 aliphatic rings. The molecule has 0 spiro atoms. The van der Waals surface area contributed by atoms with Gasteiger partial charge in [0, 0.05) is 16.1 Å². The Kier molecular flexibility index (Phi) is 5.16. The van der Waals surface area contributed by atoms with Gasteiger partial charge in [0.25, 0.3) is 0 Å². The van der Waals surface area contributed by atoms with E-state index in [-0.39, 0.29) is 11.1 Å². The van der Waals surface area contributed by atoms with Gasteiger partial charge < -0.3 is 15.5 Å². The standard InChI is InChI=1S/C23H19N3O4S/c1-11-4-5-14(6-12(11)2)18-13(3)31-21-19(18)20(24-10-25-21)26-17-8-15(22(27)28)7-16(9-17)23(29)30/h4-10H,1-3H3,(H,27,28)(H,29,30)(H,24,25,26). The predicted octanol–water partition coefficient (Wildman–Crippen LogP) is 5.42. The average Bonchev–Trinajstić information content (AvgIpc) is 3.06. The molecule has 2 aromatic carbocycles. The van der Waals surface area contributed by atoms with Crippen molar-refractivity contribution in [1.29, 1.82) is 0 Å². The van der Waals surface area contributed by atoms with Crippen LogP contribution in [0.25, 0.3) is 21.3 Å². The van der Waals surface area contributed by atoms with Crippen LogP contribution in [0.5, 0.6) is 0 Å². The number of hydrogen-bond acceptors (Lipinski definition) is 6. The van der Waals surface area contributed by atoms with Crippen LogP contribution in [0, 0.1) is 20.8 Å². The highest BCUT2D eigenvalue weighted by Gasteiger charge is 2.18. The Morgan fingerprint density at radius 2 is 1.58 bits per heavy atom. The SMILES string of the molecule is Cc1ccc(-c2c(C)sc3ncnc(Nc4cc(C(=O)O)cc(C(=O)O)c4)c23)cc1C. The molecule has 0 fully saturated rings. The zero-order valence-electron chi connectivity index (χ0n) is 17.1. The molecule has 4 rings (SSSR count). The Bertz CT molecular complexity index is 1330. The monoisotopic (exact) mass is 433 g/mol. The molecule has 0 bridgehead atoms. The Morgan fingerprint density at radius 3 is 2.19 bits per heavy atom. The first-order valence-corrected chi connectivity index (χ1v) is 10.3. The van der Waals surface area contributed by atoms with Gasteiger partial charge in [0.2, 0.25) is 0 Å². The number of nitrogens with zero attached hydrogens (tertiary/aromatic N) is 2. The van der Waals surface area contributed by atoms with Gasteiger partial charge in [-0.1, -0.05) is 18.2 Å². The van der Waals surface area contributed by atoms with Crippen LogP contribution >= 0.6 is 11.3 Å². The van der Waals surface area contributed by atoms with Gasteiger partial charge in [-0.3, -0.25) is 0 Å². The second kappa shape index (κ2) is 7.81. The first-order chi connectivity index (χ1) is 14.7. The minimum absolute atomic E-state index is 0.122. The molecule has 0 amide bonds. The topological polar surface area (TPSA) is 112 Å². The van der Waals surface area contributed by atoms with Gasteiger partial charge in [-0.05, 0) is 55.7 Å². The fourth-order valence-corrected chi connectivity index (χ4v) is 4.48. The summed E-state index contributed by atoms with van der Waals surface area (Å²) in [7, 11) is 0. The van der Waals surface area contributed by atoms with E-state index in [4.69, 9.17) is 0 Å². The van der Waals surface area contributed by atoms with Crippen LogP contribution in [-0.2, 0) is 0 Å². The average molecular weight is 433 g/mol. The van der Waals surface area contributed by atoms with Crippen molar-refractivity contribution in [2.45, 2.75) is 20.8 Å². The van der Waals surface area contributed by atoms with Crippen molar-refractivity contribution >= 4 is 45.0 Å². The number of aryl methyl sites for hydroxylation is 3. The van der Waals surface area contributed by atoms with Crippen LogP contribution in [0.15, 0.2) is 42.7 Å². The van der Waals surface area contributed by atoms with E-state index in [0.29, 0.717) is 11.5 Å². The van der Waals surface area contributed by atoms with Crippen LogP contribution < -0.4 is 5.32 Å². The molecule has 0 saturated carbocycles. The second-order valence-corrected chi connectivity index (χ2v) is 8.47. The van der Waals surface area contributed by atoms with Crippen molar-refractivity contribution < 1.29 is 19.8 Å². The highest BCUT2D eigenvalue weighted by molar-refractivity contribution is 7.19. The lowest BCUT2D eigenvalue weighted by atomic mass is 9.99. The van der Waals surface area contributed by atoms with E-state index in [1.54, 1.807) is 11.3 Å². The number of carboxylic acid groups (broad SMARTS) is 2. The van der Waals surface area contributed by atoms with E-state index in [0.717, 1.165) is 32.3 Å². The zero-order chi connectivity index (χ0) is 22.3. The molecular weight excluding hydrogens is 414 g/mol. The zero-order valence-corrected chi connectivity index (χ0v) is 17.9. The first-order valence-electron chi connectivity index (χ1n) is 9.45. The molecule has 8 heteroatoms. The molecule has 156 valence electrons. The minimum atomic E-state index is -1.21. The maximum absolute atomic E-state index is 11.4. The van der Waals surface area contributed by atoms with Crippen LogP contribution in [0.4, 0.5) is 11.5 Å². The van der Waals surface area contributed by atoms with E-state index in [2.05, 4.69) is 47.3 Å². The molecule has 3 N–H and O–H groups in total. The molecule has 2 aromatic heterocycles. The van der Waals surface area contributed by atoms with Gasteiger partial charge in [0.15, 0.2) is 0 Å². The highest BCUT2D eigenvalue weighted by atomic mass is 32.1. The molecule has 0 unspecified atom stereocenters. The van der Waals surface area contributed by atoms with Gasteiger partial charge in [-0.15, -0.1) is 11.3 Å². The number of carboxylic acids is 2. The summed E-state index contributed by atoms with van der Waals surface area (Å²) in [5, 5.41) is 22.6. The Balaban J connectivity index is 1.89. The number of hydrogen-bond donors (Lipinski definition) is 3. The summed E-state index contributed by atoms with van der Waals surface area (Å²) in [4.78, 5) is 33.5. The molecule has 7 nitrogen and oxygen atoms in total. The van der Waals surface area contributed by atoms with Crippen molar-refractivity contribution in [2.75, 3.05) is 5.32 Å². The van der Waals surface area contributed by atoms with Gasteiger partial charge >= 0.3 is 11.9 Å². The third-order valence-electron chi connectivity index (χ3n) is 5.15. The van der Waals surface area contributed by atoms with Gasteiger partial charge in [-0.2, -0.15) is 0 Å². The number of nitrogens with one attached hydrogen (secondary N) is 1. The van der Waals surface area contributed by atoms with Crippen molar-refractivity contribution in [2.24, 2.45) is 0 Å². The van der Waals surface area contributed by atoms with E-state index in [1.807, 2.05) is 6.92 Å². The number of benzene rings is 2. The quantitative estimate of drug-likeness (QED) is 0.385. The normalized spacial score (nSPS) is 10.9. The second-order valence-electron chi connectivity index (χ2n) is 7.27. The van der Waals surface area contributed by atoms with Gasteiger partial charge in [0.05, 0.1) is 16.5 Å². The number of aromatic nitrogens is 2.